The van der Waals surface area contributed by atoms with Crippen LogP contribution in [-0.4, -0.2) is 37.2 Å². The second kappa shape index (κ2) is 51.5. The van der Waals surface area contributed by atoms with Crippen molar-refractivity contribution < 1.29 is 28.6 Å². The molecule has 0 rings (SSSR count). The van der Waals surface area contributed by atoms with Crippen LogP contribution >= 0.6 is 0 Å². The standard InChI is InChI=1S/C57H98O6/c1-4-7-10-13-16-19-22-24-26-28-30-32-35-37-40-43-46-49-55(58)61-52-54(63-57(60)51-48-45-42-39-34-21-18-15-12-9-6-3)53-62-56(59)50-47-44-41-38-36-33-31-29-27-25-23-20-17-14-11-8-5-2/h15-16,18-19,24-27,31,33,38,41,54H,4-14,17,20-23,28-30,32,34-37,39-40,42-53H2,1-3H3/b18-15-,19-16-,26-24-,27-25-,33-31-,41-38-/t54-/m1/s1. The van der Waals surface area contributed by atoms with E-state index in [2.05, 4.69) is 93.7 Å². The summed E-state index contributed by atoms with van der Waals surface area (Å²) in [6.45, 7) is 6.51. The topological polar surface area (TPSA) is 78.9 Å². The van der Waals surface area contributed by atoms with Gasteiger partial charge in [-0.15, -0.1) is 0 Å². The molecule has 6 heteroatoms. The third kappa shape index (κ3) is 49.7. The molecule has 0 amide bonds. The first-order valence-corrected chi connectivity index (χ1v) is 26.4. The van der Waals surface area contributed by atoms with E-state index in [1.807, 2.05) is 0 Å². The lowest BCUT2D eigenvalue weighted by atomic mass is 10.1. The van der Waals surface area contributed by atoms with Crippen molar-refractivity contribution in [3.8, 4) is 0 Å². The molecular formula is C57H98O6. The van der Waals surface area contributed by atoms with Crippen LogP contribution in [0.1, 0.15) is 252 Å². The van der Waals surface area contributed by atoms with Gasteiger partial charge >= 0.3 is 17.9 Å². The molecule has 0 saturated carbocycles. The van der Waals surface area contributed by atoms with Gasteiger partial charge in [0.25, 0.3) is 0 Å². The van der Waals surface area contributed by atoms with Crippen LogP contribution in [0.5, 0.6) is 0 Å². The Balaban J connectivity index is 4.43. The van der Waals surface area contributed by atoms with Gasteiger partial charge in [0, 0.05) is 19.3 Å². The Morgan fingerprint density at radius 1 is 0.317 bits per heavy atom. The molecule has 0 fully saturated rings. The number of hydrogen-bond donors (Lipinski definition) is 0. The molecule has 0 aliphatic heterocycles. The van der Waals surface area contributed by atoms with Crippen LogP contribution < -0.4 is 0 Å². The Labute approximate surface area is 389 Å². The Morgan fingerprint density at radius 2 is 0.603 bits per heavy atom. The molecular weight excluding hydrogens is 781 g/mol. The number of hydrogen-bond acceptors (Lipinski definition) is 6. The van der Waals surface area contributed by atoms with Crippen molar-refractivity contribution in [2.45, 2.75) is 258 Å². The Hall–Kier alpha value is -3.15. The monoisotopic (exact) mass is 879 g/mol. The molecule has 0 radical (unpaired) electrons. The van der Waals surface area contributed by atoms with E-state index in [0.717, 1.165) is 83.5 Å². The molecule has 0 saturated heterocycles. The first-order valence-electron chi connectivity index (χ1n) is 26.4. The molecule has 0 N–H and O–H groups in total. The number of ether oxygens (including phenoxy) is 3. The number of carbonyl (C=O) groups is 3. The van der Waals surface area contributed by atoms with E-state index in [0.29, 0.717) is 19.3 Å². The smallest absolute Gasteiger partial charge is 0.306 e. The van der Waals surface area contributed by atoms with Crippen LogP contribution in [0.25, 0.3) is 0 Å². The average Bonchev–Trinajstić information content (AvgIpc) is 3.28. The highest BCUT2D eigenvalue weighted by atomic mass is 16.6. The second-order valence-electron chi connectivity index (χ2n) is 17.4. The van der Waals surface area contributed by atoms with Crippen LogP contribution in [0.15, 0.2) is 72.9 Å². The van der Waals surface area contributed by atoms with Crippen molar-refractivity contribution >= 4 is 17.9 Å². The first-order chi connectivity index (χ1) is 31.0. The van der Waals surface area contributed by atoms with Crippen molar-refractivity contribution in [3.63, 3.8) is 0 Å². The predicted octanol–water partition coefficient (Wildman–Crippen LogP) is 17.4. The minimum atomic E-state index is -0.802. The molecule has 6 nitrogen and oxygen atoms in total. The Kier molecular flexibility index (Phi) is 48.9. The summed E-state index contributed by atoms with van der Waals surface area (Å²) in [5.41, 5.74) is 0. The van der Waals surface area contributed by atoms with Gasteiger partial charge in [0.15, 0.2) is 6.10 Å². The van der Waals surface area contributed by atoms with Crippen molar-refractivity contribution in [1.29, 1.82) is 0 Å². The molecule has 0 aliphatic carbocycles. The average molecular weight is 879 g/mol. The third-order valence-electron chi connectivity index (χ3n) is 11.2. The molecule has 0 aromatic rings. The maximum atomic E-state index is 12.8. The second-order valence-corrected chi connectivity index (χ2v) is 17.4. The van der Waals surface area contributed by atoms with Gasteiger partial charge in [0.2, 0.25) is 0 Å². The molecule has 0 aliphatic rings. The molecule has 0 aromatic heterocycles. The minimum Gasteiger partial charge on any atom is -0.462 e. The van der Waals surface area contributed by atoms with Crippen LogP contribution in [0, 0.1) is 0 Å². The lowest BCUT2D eigenvalue weighted by Gasteiger charge is -2.18. The van der Waals surface area contributed by atoms with Crippen LogP contribution in [0.4, 0.5) is 0 Å². The zero-order chi connectivity index (χ0) is 45.8. The molecule has 0 spiro atoms. The molecule has 0 unspecified atom stereocenters. The fourth-order valence-corrected chi connectivity index (χ4v) is 7.12. The fourth-order valence-electron chi connectivity index (χ4n) is 7.12. The van der Waals surface area contributed by atoms with Gasteiger partial charge in [-0.05, 0) is 103 Å². The van der Waals surface area contributed by atoms with Gasteiger partial charge in [-0.3, -0.25) is 14.4 Å². The molecule has 63 heavy (non-hydrogen) atoms. The van der Waals surface area contributed by atoms with E-state index in [-0.39, 0.29) is 37.5 Å². The third-order valence-corrected chi connectivity index (χ3v) is 11.2. The maximum absolute atomic E-state index is 12.8. The SMILES string of the molecule is CCCC/C=C\CCCCCCCC(=O)O[C@@H](COC(=O)CCC/C=C\C/C=C\C/C=C\CCCCCCCC)COC(=O)CCCCCCCCC/C=C\C/C=C\CCCCC. The minimum absolute atomic E-state index is 0.0987. The summed E-state index contributed by atoms with van der Waals surface area (Å²) in [5, 5.41) is 0. The molecule has 0 aromatic carbocycles. The predicted molar refractivity (Wildman–Crippen MR) is 270 cm³/mol. The Morgan fingerprint density at radius 3 is 1.05 bits per heavy atom. The summed E-state index contributed by atoms with van der Waals surface area (Å²) in [5.74, 6) is -0.969. The van der Waals surface area contributed by atoms with Crippen molar-refractivity contribution in [2.75, 3.05) is 13.2 Å². The van der Waals surface area contributed by atoms with Crippen molar-refractivity contribution in [3.05, 3.63) is 72.9 Å². The van der Waals surface area contributed by atoms with Gasteiger partial charge in [0.05, 0.1) is 0 Å². The summed E-state index contributed by atoms with van der Waals surface area (Å²) in [4.78, 5) is 37.9. The van der Waals surface area contributed by atoms with Crippen LogP contribution in [0.3, 0.4) is 0 Å². The first kappa shape index (κ1) is 59.9. The number of allylic oxidation sites excluding steroid dienone is 12. The van der Waals surface area contributed by atoms with Gasteiger partial charge in [0.1, 0.15) is 13.2 Å². The van der Waals surface area contributed by atoms with Gasteiger partial charge in [-0.25, -0.2) is 0 Å². The summed E-state index contributed by atoms with van der Waals surface area (Å²) in [6, 6.07) is 0. The number of rotatable bonds is 47. The summed E-state index contributed by atoms with van der Waals surface area (Å²) in [6.07, 6.45) is 64.6. The lowest BCUT2D eigenvalue weighted by molar-refractivity contribution is -0.167. The highest BCUT2D eigenvalue weighted by molar-refractivity contribution is 5.71. The van der Waals surface area contributed by atoms with Gasteiger partial charge in [-0.1, -0.05) is 203 Å². The van der Waals surface area contributed by atoms with E-state index in [4.69, 9.17) is 14.2 Å². The van der Waals surface area contributed by atoms with E-state index in [9.17, 15) is 14.4 Å². The van der Waals surface area contributed by atoms with Crippen molar-refractivity contribution in [1.82, 2.24) is 0 Å². The molecule has 0 heterocycles. The van der Waals surface area contributed by atoms with Gasteiger partial charge < -0.3 is 14.2 Å². The Bertz CT molecular complexity index is 1190. The normalized spacial score (nSPS) is 12.6. The molecule has 0 bridgehead atoms. The summed E-state index contributed by atoms with van der Waals surface area (Å²) in [7, 11) is 0. The van der Waals surface area contributed by atoms with Crippen LogP contribution in [0.2, 0.25) is 0 Å². The quantitative estimate of drug-likeness (QED) is 0.0262. The largest absolute Gasteiger partial charge is 0.462 e. The summed E-state index contributed by atoms with van der Waals surface area (Å²) >= 11 is 0. The lowest BCUT2D eigenvalue weighted by Crippen LogP contribution is -2.30. The number of esters is 3. The van der Waals surface area contributed by atoms with E-state index in [1.54, 1.807) is 0 Å². The van der Waals surface area contributed by atoms with Gasteiger partial charge in [-0.2, -0.15) is 0 Å². The number of carbonyl (C=O) groups excluding carboxylic acids is 3. The molecule has 362 valence electrons. The summed E-state index contributed by atoms with van der Waals surface area (Å²) < 4.78 is 16.7. The maximum Gasteiger partial charge on any atom is 0.306 e. The zero-order valence-corrected chi connectivity index (χ0v) is 41.3. The van der Waals surface area contributed by atoms with Crippen LogP contribution in [-0.2, 0) is 28.6 Å². The van der Waals surface area contributed by atoms with E-state index in [1.165, 1.54) is 122 Å². The van der Waals surface area contributed by atoms with E-state index >= 15 is 0 Å². The highest BCUT2D eigenvalue weighted by Crippen LogP contribution is 2.13. The van der Waals surface area contributed by atoms with E-state index < -0.39 is 6.10 Å². The highest BCUT2D eigenvalue weighted by Gasteiger charge is 2.19. The van der Waals surface area contributed by atoms with Crippen molar-refractivity contribution in [2.24, 2.45) is 0 Å². The molecule has 1 atom stereocenters. The number of unbranched alkanes of at least 4 members (excludes halogenated alkanes) is 24. The zero-order valence-electron chi connectivity index (χ0n) is 41.3. The fraction of sp³-hybridized carbons (Fsp3) is 0.737.